The highest BCUT2D eigenvalue weighted by Gasteiger charge is 2.30. The Bertz CT molecular complexity index is 1530. The summed E-state index contributed by atoms with van der Waals surface area (Å²) in [5.41, 5.74) is 0.462. The maximum Gasteiger partial charge on any atom is 0.341 e. The number of hydrogen-bond donors (Lipinski definition) is 2. The molecular formula is C28H28FN3O4. The number of ether oxygens (including phenoxy) is 1. The molecule has 0 aliphatic carbocycles. The van der Waals surface area contributed by atoms with Crippen LogP contribution in [0.1, 0.15) is 22.3 Å². The number of hydrogen-bond acceptors (Lipinski definition) is 5. The van der Waals surface area contributed by atoms with Gasteiger partial charge in [-0.3, -0.25) is 4.79 Å². The Labute approximate surface area is 207 Å². The van der Waals surface area contributed by atoms with Crippen molar-refractivity contribution in [3.8, 4) is 5.75 Å². The number of carboxylic acids is 1. The first-order valence-corrected chi connectivity index (χ1v) is 12.0. The molecule has 1 saturated heterocycles. The number of rotatable bonds is 7. The number of nitrogens with one attached hydrogen (secondary N) is 1. The van der Waals surface area contributed by atoms with E-state index in [1.807, 2.05) is 54.4 Å². The van der Waals surface area contributed by atoms with Gasteiger partial charge in [0.05, 0.1) is 18.0 Å². The summed E-state index contributed by atoms with van der Waals surface area (Å²) in [5, 5.41) is 15.0. The Kier molecular flexibility index (Phi) is 6.36. The number of benzene rings is 3. The minimum Gasteiger partial charge on any atom is -0.492 e. The number of methoxy groups -OCH3 is 1. The summed E-state index contributed by atoms with van der Waals surface area (Å²) in [6.45, 7) is 2.42. The lowest BCUT2D eigenvalue weighted by molar-refractivity contribution is 0.0695. The van der Waals surface area contributed by atoms with Crippen molar-refractivity contribution in [2.75, 3.05) is 38.7 Å². The molecule has 0 saturated carbocycles. The highest BCUT2D eigenvalue weighted by molar-refractivity contribution is 5.97. The van der Waals surface area contributed by atoms with E-state index in [4.69, 9.17) is 4.74 Å². The van der Waals surface area contributed by atoms with Gasteiger partial charge in [0.15, 0.2) is 11.6 Å². The molecule has 0 spiro atoms. The lowest BCUT2D eigenvalue weighted by Crippen LogP contribution is -2.26. The molecule has 36 heavy (non-hydrogen) atoms. The van der Waals surface area contributed by atoms with E-state index in [1.54, 1.807) is 4.57 Å². The molecule has 0 amide bonds. The van der Waals surface area contributed by atoms with Crippen molar-refractivity contribution < 1.29 is 19.0 Å². The van der Waals surface area contributed by atoms with Crippen LogP contribution in [0.5, 0.6) is 5.75 Å². The average Bonchev–Trinajstić information content (AvgIpc) is 3.33. The molecule has 7 nitrogen and oxygen atoms in total. The number of aromatic nitrogens is 1. The molecule has 5 rings (SSSR count). The number of anilines is 1. The molecule has 0 unspecified atom stereocenters. The van der Waals surface area contributed by atoms with Crippen LogP contribution in [-0.4, -0.2) is 49.4 Å². The van der Waals surface area contributed by atoms with Crippen LogP contribution < -0.4 is 20.4 Å². The molecule has 8 heteroatoms. The average molecular weight is 490 g/mol. The molecule has 0 radical (unpaired) electrons. The summed E-state index contributed by atoms with van der Waals surface area (Å²) >= 11 is 0. The Hall–Kier alpha value is -3.91. The van der Waals surface area contributed by atoms with Crippen LogP contribution in [0, 0.1) is 11.7 Å². The highest BCUT2D eigenvalue weighted by Crippen LogP contribution is 2.40. The first kappa shape index (κ1) is 23.8. The first-order valence-electron chi connectivity index (χ1n) is 12.0. The van der Waals surface area contributed by atoms with E-state index in [-0.39, 0.29) is 17.7 Å². The predicted octanol–water partition coefficient (Wildman–Crippen LogP) is 4.09. The summed E-state index contributed by atoms with van der Waals surface area (Å²) < 4.78 is 23.0. The third-order valence-electron chi connectivity index (χ3n) is 6.94. The highest BCUT2D eigenvalue weighted by atomic mass is 19.1. The SMILES string of the molecule is CNC[C@@H]1CCN(c2c(F)cc3c(=O)c(C(=O)O)cn(Cc4ccc5ccccc5c4)c3c2OC)C1. The predicted molar refractivity (Wildman–Crippen MR) is 139 cm³/mol. The molecule has 1 aliphatic rings. The van der Waals surface area contributed by atoms with Gasteiger partial charge in [0.1, 0.15) is 11.3 Å². The summed E-state index contributed by atoms with van der Waals surface area (Å²) in [5.74, 6) is -1.35. The Balaban J connectivity index is 1.71. The third-order valence-corrected chi connectivity index (χ3v) is 6.94. The van der Waals surface area contributed by atoms with Gasteiger partial charge in [-0.15, -0.1) is 0 Å². The minimum absolute atomic E-state index is 0.0141. The van der Waals surface area contributed by atoms with E-state index in [1.165, 1.54) is 13.3 Å². The van der Waals surface area contributed by atoms with E-state index < -0.39 is 22.8 Å². The Morgan fingerprint density at radius 2 is 1.97 bits per heavy atom. The van der Waals surface area contributed by atoms with Crippen molar-refractivity contribution in [3.05, 3.63) is 81.9 Å². The molecule has 1 aromatic heterocycles. The van der Waals surface area contributed by atoms with Gasteiger partial charge in [0, 0.05) is 25.8 Å². The van der Waals surface area contributed by atoms with Gasteiger partial charge >= 0.3 is 5.97 Å². The second-order valence-electron chi connectivity index (χ2n) is 9.28. The van der Waals surface area contributed by atoms with E-state index in [0.717, 1.165) is 35.4 Å². The van der Waals surface area contributed by atoms with E-state index in [2.05, 4.69) is 5.32 Å². The van der Waals surface area contributed by atoms with E-state index in [0.29, 0.717) is 30.2 Å². The van der Waals surface area contributed by atoms with Crippen molar-refractivity contribution in [2.45, 2.75) is 13.0 Å². The van der Waals surface area contributed by atoms with Crippen LogP contribution in [0.25, 0.3) is 21.7 Å². The minimum atomic E-state index is -1.35. The van der Waals surface area contributed by atoms with E-state index >= 15 is 4.39 Å². The molecule has 4 aromatic rings. The van der Waals surface area contributed by atoms with Gasteiger partial charge < -0.3 is 24.6 Å². The van der Waals surface area contributed by atoms with Crippen LogP contribution in [0.4, 0.5) is 10.1 Å². The fourth-order valence-corrected chi connectivity index (χ4v) is 5.28. The molecule has 2 heterocycles. The van der Waals surface area contributed by atoms with Crippen molar-refractivity contribution in [3.63, 3.8) is 0 Å². The number of carboxylic acid groups (broad SMARTS) is 1. The second kappa shape index (κ2) is 9.62. The van der Waals surface area contributed by atoms with Crippen LogP contribution in [0.15, 0.2) is 59.5 Å². The zero-order valence-corrected chi connectivity index (χ0v) is 20.3. The lowest BCUT2D eigenvalue weighted by Gasteiger charge is -2.25. The van der Waals surface area contributed by atoms with Crippen LogP contribution in [0.2, 0.25) is 0 Å². The van der Waals surface area contributed by atoms with Gasteiger partial charge in [-0.25, -0.2) is 9.18 Å². The summed E-state index contributed by atoms with van der Waals surface area (Å²) in [4.78, 5) is 27.0. The summed E-state index contributed by atoms with van der Waals surface area (Å²) in [6.07, 6.45) is 2.24. The van der Waals surface area contributed by atoms with Gasteiger partial charge in [-0.2, -0.15) is 0 Å². The fraction of sp³-hybridized carbons (Fsp3) is 0.286. The molecule has 1 fully saturated rings. The molecule has 1 aliphatic heterocycles. The number of fused-ring (bicyclic) bond motifs is 2. The topological polar surface area (TPSA) is 83.8 Å². The maximum atomic E-state index is 15.5. The molecule has 0 bridgehead atoms. The van der Waals surface area contributed by atoms with E-state index in [9.17, 15) is 14.7 Å². The zero-order valence-electron chi connectivity index (χ0n) is 20.3. The molecule has 3 aromatic carbocycles. The fourth-order valence-electron chi connectivity index (χ4n) is 5.28. The second-order valence-corrected chi connectivity index (χ2v) is 9.28. The lowest BCUT2D eigenvalue weighted by atomic mass is 10.1. The quantitative estimate of drug-likeness (QED) is 0.407. The molecule has 2 N–H and O–H groups in total. The summed E-state index contributed by atoms with van der Waals surface area (Å²) in [6, 6.07) is 15.1. The van der Waals surface area contributed by atoms with Gasteiger partial charge in [-0.05, 0) is 54.4 Å². The molecular weight excluding hydrogens is 461 g/mol. The molecule has 186 valence electrons. The largest absolute Gasteiger partial charge is 0.492 e. The van der Waals surface area contributed by atoms with Gasteiger partial charge in [-0.1, -0.05) is 36.4 Å². The van der Waals surface area contributed by atoms with Crippen LogP contribution in [0.3, 0.4) is 0 Å². The number of carbonyl (C=O) groups is 1. The Morgan fingerprint density at radius 3 is 2.69 bits per heavy atom. The summed E-state index contributed by atoms with van der Waals surface area (Å²) in [7, 11) is 3.35. The van der Waals surface area contributed by atoms with Crippen molar-refractivity contribution in [1.82, 2.24) is 9.88 Å². The Morgan fingerprint density at radius 1 is 1.19 bits per heavy atom. The zero-order chi connectivity index (χ0) is 25.4. The van der Waals surface area contributed by atoms with Gasteiger partial charge in [0.2, 0.25) is 5.43 Å². The van der Waals surface area contributed by atoms with Crippen LogP contribution in [-0.2, 0) is 6.54 Å². The molecule has 1 atom stereocenters. The monoisotopic (exact) mass is 489 g/mol. The maximum absolute atomic E-state index is 15.5. The van der Waals surface area contributed by atoms with Crippen LogP contribution >= 0.6 is 0 Å². The number of nitrogens with zero attached hydrogens (tertiary/aromatic N) is 2. The number of pyridine rings is 1. The first-order chi connectivity index (χ1) is 17.4. The van der Waals surface area contributed by atoms with Crippen molar-refractivity contribution in [2.24, 2.45) is 5.92 Å². The van der Waals surface area contributed by atoms with Gasteiger partial charge in [0.25, 0.3) is 0 Å². The number of aromatic carboxylic acids is 1. The number of halogens is 1. The third kappa shape index (κ3) is 4.18. The smallest absolute Gasteiger partial charge is 0.341 e. The van der Waals surface area contributed by atoms with Crippen molar-refractivity contribution in [1.29, 1.82) is 0 Å². The normalized spacial score (nSPS) is 15.6. The van der Waals surface area contributed by atoms with Crippen molar-refractivity contribution >= 4 is 33.3 Å². The standard InChI is InChI=1S/C28H28FN3O4/c1-30-13-18-9-10-31(15-18)25-23(29)12-21-24(27(25)36-2)32(16-22(26(21)33)28(34)35)14-17-7-8-19-5-3-4-6-20(19)11-17/h3-8,11-12,16,18,30H,9-10,13-15H2,1-2H3,(H,34,35)/t18-/m0/s1.